The van der Waals surface area contributed by atoms with Crippen LogP contribution in [0.3, 0.4) is 0 Å². The van der Waals surface area contributed by atoms with Crippen LogP contribution in [0, 0.1) is 0 Å². The molecule has 1 aromatic carbocycles. The lowest BCUT2D eigenvalue weighted by molar-refractivity contribution is -0.0865. The predicted molar refractivity (Wildman–Crippen MR) is 106 cm³/mol. The number of hydrogen-bond acceptors (Lipinski definition) is 6. The van der Waals surface area contributed by atoms with Crippen LogP contribution in [0.15, 0.2) is 12.1 Å². The number of rotatable bonds is 6. The highest BCUT2D eigenvalue weighted by Crippen LogP contribution is 2.40. The SMILES string of the molecule is COc1ccc(CN2CCC(N3C[C@H](C)O[C@@H](C)C3)CC2)c(OC)c1OC. The molecule has 2 heterocycles. The van der Waals surface area contributed by atoms with Gasteiger partial charge in [-0.05, 0) is 45.8 Å². The van der Waals surface area contributed by atoms with Gasteiger partial charge in [0, 0.05) is 31.2 Å². The highest BCUT2D eigenvalue weighted by atomic mass is 16.5. The van der Waals surface area contributed by atoms with Crippen LogP contribution in [-0.4, -0.2) is 75.6 Å². The summed E-state index contributed by atoms with van der Waals surface area (Å²) in [7, 11) is 4.99. The van der Waals surface area contributed by atoms with E-state index >= 15 is 0 Å². The van der Waals surface area contributed by atoms with E-state index in [1.165, 1.54) is 12.8 Å². The Morgan fingerprint density at radius 1 is 0.926 bits per heavy atom. The Balaban J connectivity index is 1.61. The van der Waals surface area contributed by atoms with Gasteiger partial charge in [-0.2, -0.15) is 0 Å². The first-order valence-electron chi connectivity index (χ1n) is 9.95. The molecule has 0 bridgehead atoms. The molecule has 1 aromatic rings. The molecule has 27 heavy (non-hydrogen) atoms. The molecular weight excluding hydrogens is 344 g/mol. The Labute approximate surface area is 163 Å². The average Bonchev–Trinajstić information content (AvgIpc) is 2.67. The van der Waals surface area contributed by atoms with E-state index in [4.69, 9.17) is 18.9 Å². The molecule has 2 aliphatic heterocycles. The van der Waals surface area contributed by atoms with Gasteiger partial charge in [-0.3, -0.25) is 9.80 Å². The molecule has 2 aliphatic rings. The molecule has 2 fully saturated rings. The highest BCUT2D eigenvalue weighted by Gasteiger charge is 2.30. The van der Waals surface area contributed by atoms with E-state index in [-0.39, 0.29) is 0 Å². The van der Waals surface area contributed by atoms with E-state index < -0.39 is 0 Å². The van der Waals surface area contributed by atoms with Gasteiger partial charge in [-0.15, -0.1) is 0 Å². The van der Waals surface area contributed by atoms with Crippen LogP contribution >= 0.6 is 0 Å². The van der Waals surface area contributed by atoms with E-state index in [9.17, 15) is 0 Å². The molecule has 0 aliphatic carbocycles. The van der Waals surface area contributed by atoms with Crippen LogP contribution in [0.25, 0.3) is 0 Å². The van der Waals surface area contributed by atoms with Gasteiger partial charge in [-0.25, -0.2) is 0 Å². The maximum absolute atomic E-state index is 5.89. The number of hydrogen-bond donors (Lipinski definition) is 0. The van der Waals surface area contributed by atoms with Gasteiger partial charge in [-0.1, -0.05) is 6.07 Å². The van der Waals surface area contributed by atoms with Crippen LogP contribution in [-0.2, 0) is 11.3 Å². The minimum atomic E-state index is 0.336. The van der Waals surface area contributed by atoms with Gasteiger partial charge >= 0.3 is 0 Å². The van der Waals surface area contributed by atoms with Gasteiger partial charge in [0.05, 0.1) is 33.5 Å². The maximum Gasteiger partial charge on any atom is 0.203 e. The molecule has 0 radical (unpaired) electrons. The zero-order valence-electron chi connectivity index (χ0n) is 17.4. The lowest BCUT2D eigenvalue weighted by atomic mass is 10.0. The van der Waals surface area contributed by atoms with Gasteiger partial charge in [0.15, 0.2) is 11.5 Å². The molecule has 0 spiro atoms. The largest absolute Gasteiger partial charge is 0.493 e. The summed E-state index contributed by atoms with van der Waals surface area (Å²) in [5, 5.41) is 0. The molecule has 6 nitrogen and oxygen atoms in total. The van der Waals surface area contributed by atoms with Crippen molar-refractivity contribution in [2.45, 2.75) is 51.5 Å². The second-order valence-electron chi connectivity index (χ2n) is 7.71. The minimum absolute atomic E-state index is 0.336. The lowest BCUT2D eigenvalue weighted by Gasteiger charge is -2.43. The molecule has 3 rings (SSSR count). The second-order valence-corrected chi connectivity index (χ2v) is 7.71. The number of benzene rings is 1. The third kappa shape index (κ3) is 4.68. The molecule has 2 saturated heterocycles. The molecule has 2 atom stereocenters. The van der Waals surface area contributed by atoms with Crippen molar-refractivity contribution in [1.29, 1.82) is 0 Å². The van der Waals surface area contributed by atoms with E-state index in [1.807, 2.05) is 6.07 Å². The number of likely N-dealkylation sites (tertiary alicyclic amines) is 1. The first kappa shape index (κ1) is 20.2. The maximum atomic E-state index is 5.89. The van der Waals surface area contributed by atoms with E-state index in [2.05, 4.69) is 29.7 Å². The third-order valence-corrected chi connectivity index (χ3v) is 5.70. The number of nitrogens with zero attached hydrogens (tertiary/aromatic N) is 2. The number of methoxy groups -OCH3 is 3. The smallest absolute Gasteiger partial charge is 0.203 e. The number of piperidine rings is 1. The Morgan fingerprint density at radius 3 is 2.11 bits per heavy atom. The van der Waals surface area contributed by atoms with Gasteiger partial charge in [0.25, 0.3) is 0 Å². The molecule has 6 heteroatoms. The molecule has 0 aromatic heterocycles. The van der Waals surface area contributed by atoms with Crippen molar-refractivity contribution in [3.05, 3.63) is 17.7 Å². The Morgan fingerprint density at radius 2 is 1.56 bits per heavy atom. The third-order valence-electron chi connectivity index (χ3n) is 5.70. The topological polar surface area (TPSA) is 43.4 Å². The van der Waals surface area contributed by atoms with Crippen LogP contribution in [0.2, 0.25) is 0 Å². The zero-order valence-corrected chi connectivity index (χ0v) is 17.4. The summed E-state index contributed by atoms with van der Waals surface area (Å²) in [6.45, 7) is 9.54. The summed E-state index contributed by atoms with van der Waals surface area (Å²) in [5.41, 5.74) is 1.14. The normalized spacial score (nSPS) is 25.4. The van der Waals surface area contributed by atoms with Crippen molar-refractivity contribution < 1.29 is 18.9 Å². The van der Waals surface area contributed by atoms with Crippen molar-refractivity contribution in [2.24, 2.45) is 0 Å². The number of morpholine rings is 1. The molecule has 0 amide bonds. The average molecular weight is 379 g/mol. The van der Waals surface area contributed by atoms with Gasteiger partial charge in [0.2, 0.25) is 5.75 Å². The van der Waals surface area contributed by atoms with Crippen molar-refractivity contribution in [3.8, 4) is 17.2 Å². The fourth-order valence-electron chi connectivity index (χ4n) is 4.49. The highest BCUT2D eigenvalue weighted by molar-refractivity contribution is 5.55. The zero-order chi connectivity index (χ0) is 19.4. The predicted octanol–water partition coefficient (Wildman–Crippen LogP) is 2.79. The monoisotopic (exact) mass is 378 g/mol. The van der Waals surface area contributed by atoms with Crippen molar-refractivity contribution in [2.75, 3.05) is 47.5 Å². The quantitative estimate of drug-likeness (QED) is 0.758. The fraction of sp³-hybridized carbons (Fsp3) is 0.714. The summed E-state index contributed by atoms with van der Waals surface area (Å²) in [6.07, 6.45) is 3.08. The van der Waals surface area contributed by atoms with Crippen LogP contribution in [0.1, 0.15) is 32.3 Å². The summed E-state index contributed by atoms with van der Waals surface area (Å²) >= 11 is 0. The summed E-state index contributed by atoms with van der Waals surface area (Å²) in [5.74, 6) is 2.14. The van der Waals surface area contributed by atoms with Gasteiger partial charge in [0.1, 0.15) is 0 Å². The van der Waals surface area contributed by atoms with E-state index in [1.54, 1.807) is 21.3 Å². The Hall–Kier alpha value is -1.50. The van der Waals surface area contributed by atoms with Crippen LogP contribution in [0.4, 0.5) is 0 Å². The van der Waals surface area contributed by atoms with Crippen molar-refractivity contribution in [1.82, 2.24) is 9.80 Å². The van der Waals surface area contributed by atoms with Crippen molar-refractivity contribution in [3.63, 3.8) is 0 Å². The summed E-state index contributed by atoms with van der Waals surface area (Å²) < 4.78 is 22.4. The molecule has 152 valence electrons. The van der Waals surface area contributed by atoms with Gasteiger partial charge < -0.3 is 18.9 Å². The second kappa shape index (κ2) is 9.13. The standard InChI is InChI=1S/C21H34N2O4/c1-15-12-23(13-16(2)27-15)18-8-10-22(11-9-18)14-17-6-7-19(24-3)21(26-5)20(17)25-4/h6-7,15-16,18H,8-14H2,1-5H3/t15-,16-/m0/s1. The minimum Gasteiger partial charge on any atom is -0.493 e. The summed E-state index contributed by atoms with van der Waals surface area (Å²) in [6, 6.07) is 4.71. The Kier molecular flexibility index (Phi) is 6.84. The van der Waals surface area contributed by atoms with Crippen LogP contribution in [0.5, 0.6) is 17.2 Å². The first-order valence-corrected chi connectivity index (χ1v) is 9.95. The molecular formula is C21H34N2O4. The van der Waals surface area contributed by atoms with Crippen LogP contribution < -0.4 is 14.2 Å². The lowest BCUT2D eigenvalue weighted by Crippen LogP contribution is -2.53. The first-order chi connectivity index (χ1) is 13.0. The Bertz CT molecular complexity index is 606. The molecule has 0 N–H and O–H groups in total. The fourth-order valence-corrected chi connectivity index (χ4v) is 4.49. The van der Waals surface area contributed by atoms with E-state index in [0.717, 1.165) is 44.0 Å². The van der Waals surface area contributed by atoms with E-state index in [0.29, 0.717) is 29.7 Å². The molecule has 0 saturated carbocycles. The van der Waals surface area contributed by atoms with Crippen molar-refractivity contribution >= 4 is 0 Å². The summed E-state index contributed by atoms with van der Waals surface area (Å²) in [4.78, 5) is 5.14. The number of ether oxygens (including phenoxy) is 4. The molecule has 0 unspecified atom stereocenters.